The predicted molar refractivity (Wildman–Crippen MR) is 94.0 cm³/mol. The number of rotatable bonds is 5. The number of imidazole rings is 1. The molecular formula is C19H25N3O2. The van der Waals surface area contributed by atoms with Crippen molar-refractivity contribution in [3.63, 3.8) is 0 Å². The molecule has 1 amide bonds. The number of anilines is 1. The Morgan fingerprint density at radius 3 is 2.67 bits per heavy atom. The third kappa shape index (κ3) is 3.51. The van der Waals surface area contributed by atoms with E-state index in [4.69, 9.17) is 4.74 Å². The summed E-state index contributed by atoms with van der Waals surface area (Å²) < 4.78 is 5.38. The third-order valence-corrected chi connectivity index (χ3v) is 5.06. The number of amides is 1. The van der Waals surface area contributed by atoms with Gasteiger partial charge in [-0.1, -0.05) is 26.0 Å². The third-order valence-electron chi connectivity index (χ3n) is 5.06. The molecule has 1 aromatic heterocycles. The van der Waals surface area contributed by atoms with E-state index in [1.54, 1.807) is 6.33 Å². The van der Waals surface area contributed by atoms with E-state index in [2.05, 4.69) is 34.3 Å². The van der Waals surface area contributed by atoms with Gasteiger partial charge in [0.05, 0.1) is 18.6 Å². The first kappa shape index (κ1) is 16.7. The first-order chi connectivity index (χ1) is 11.6. The standard InChI is InChI=1S/C19H25N3O2/c1-12(18-14(3)20-11-21-18)15-4-6-17(7-5-15)22-19(23)13(2)16-8-9-24-10-16/h4-7,11-13,16H,8-10H2,1-3H3,(H,20,21)(H,22,23)/t12-,13+,16+/m0/s1. The number of aromatic amines is 1. The molecule has 2 aromatic rings. The lowest BCUT2D eigenvalue weighted by Crippen LogP contribution is -2.27. The maximum absolute atomic E-state index is 12.4. The smallest absolute Gasteiger partial charge is 0.227 e. The Bertz CT molecular complexity index is 687. The van der Waals surface area contributed by atoms with Crippen LogP contribution in [0.2, 0.25) is 0 Å². The van der Waals surface area contributed by atoms with Gasteiger partial charge in [0.15, 0.2) is 0 Å². The fourth-order valence-electron chi connectivity index (χ4n) is 3.25. The van der Waals surface area contributed by atoms with Gasteiger partial charge in [-0.15, -0.1) is 0 Å². The molecule has 2 heterocycles. The lowest BCUT2D eigenvalue weighted by molar-refractivity contribution is -0.120. The molecular weight excluding hydrogens is 302 g/mol. The fourth-order valence-corrected chi connectivity index (χ4v) is 3.25. The van der Waals surface area contributed by atoms with Gasteiger partial charge in [0.2, 0.25) is 5.91 Å². The minimum absolute atomic E-state index is 0.0289. The number of ether oxygens (including phenoxy) is 1. The Morgan fingerprint density at radius 2 is 2.08 bits per heavy atom. The van der Waals surface area contributed by atoms with Crippen molar-refractivity contribution >= 4 is 11.6 Å². The van der Waals surface area contributed by atoms with Crippen molar-refractivity contribution in [1.82, 2.24) is 9.97 Å². The van der Waals surface area contributed by atoms with E-state index in [1.165, 1.54) is 5.56 Å². The summed E-state index contributed by atoms with van der Waals surface area (Å²) in [4.78, 5) is 19.8. The monoisotopic (exact) mass is 327 g/mol. The van der Waals surface area contributed by atoms with Gasteiger partial charge in [-0.3, -0.25) is 4.79 Å². The predicted octanol–water partition coefficient (Wildman–Crippen LogP) is 3.48. The number of aryl methyl sites for hydroxylation is 1. The van der Waals surface area contributed by atoms with Gasteiger partial charge in [-0.2, -0.15) is 0 Å². The Morgan fingerprint density at radius 1 is 1.33 bits per heavy atom. The summed E-state index contributed by atoms with van der Waals surface area (Å²) in [7, 11) is 0. The summed E-state index contributed by atoms with van der Waals surface area (Å²) >= 11 is 0. The van der Waals surface area contributed by atoms with E-state index in [9.17, 15) is 4.79 Å². The number of nitrogens with one attached hydrogen (secondary N) is 2. The largest absolute Gasteiger partial charge is 0.381 e. The number of hydrogen-bond donors (Lipinski definition) is 2. The molecule has 24 heavy (non-hydrogen) atoms. The molecule has 128 valence electrons. The Hall–Kier alpha value is -2.14. The molecule has 2 N–H and O–H groups in total. The van der Waals surface area contributed by atoms with E-state index in [1.807, 2.05) is 26.0 Å². The van der Waals surface area contributed by atoms with E-state index in [-0.39, 0.29) is 17.7 Å². The van der Waals surface area contributed by atoms with Gasteiger partial charge >= 0.3 is 0 Å². The average molecular weight is 327 g/mol. The van der Waals surface area contributed by atoms with Gasteiger partial charge in [-0.05, 0) is 37.0 Å². The number of aromatic nitrogens is 2. The maximum atomic E-state index is 12.4. The number of H-pyrrole nitrogens is 1. The van der Waals surface area contributed by atoms with Gasteiger partial charge in [0, 0.05) is 29.8 Å². The minimum Gasteiger partial charge on any atom is -0.381 e. The molecule has 0 saturated carbocycles. The normalized spacial score (nSPS) is 19.9. The first-order valence-electron chi connectivity index (χ1n) is 8.54. The Balaban J connectivity index is 1.64. The summed E-state index contributed by atoms with van der Waals surface area (Å²) in [5, 5.41) is 3.02. The van der Waals surface area contributed by atoms with Gasteiger partial charge in [0.25, 0.3) is 0 Å². The van der Waals surface area contributed by atoms with Crippen molar-refractivity contribution in [3.8, 4) is 0 Å². The van der Waals surface area contributed by atoms with E-state index in [0.717, 1.165) is 30.1 Å². The highest BCUT2D eigenvalue weighted by Gasteiger charge is 2.27. The van der Waals surface area contributed by atoms with Crippen LogP contribution in [0, 0.1) is 18.8 Å². The number of hydrogen-bond acceptors (Lipinski definition) is 3. The molecule has 0 unspecified atom stereocenters. The zero-order valence-corrected chi connectivity index (χ0v) is 14.5. The molecule has 1 aliphatic rings. The van der Waals surface area contributed by atoms with Crippen LogP contribution in [-0.2, 0) is 9.53 Å². The number of benzene rings is 1. The van der Waals surface area contributed by atoms with Crippen LogP contribution in [0.5, 0.6) is 0 Å². The molecule has 0 bridgehead atoms. The number of carbonyl (C=O) groups is 1. The molecule has 1 saturated heterocycles. The van der Waals surface area contributed by atoms with Crippen LogP contribution in [0.25, 0.3) is 0 Å². The maximum Gasteiger partial charge on any atom is 0.227 e. The zero-order valence-electron chi connectivity index (χ0n) is 14.5. The van der Waals surface area contributed by atoms with E-state index in [0.29, 0.717) is 12.5 Å². The van der Waals surface area contributed by atoms with Crippen molar-refractivity contribution in [2.24, 2.45) is 11.8 Å². The van der Waals surface area contributed by atoms with Gasteiger partial charge in [-0.25, -0.2) is 4.98 Å². The highest BCUT2D eigenvalue weighted by molar-refractivity contribution is 5.92. The van der Waals surface area contributed by atoms with Crippen LogP contribution in [0.15, 0.2) is 30.6 Å². The summed E-state index contributed by atoms with van der Waals surface area (Å²) in [6, 6.07) is 8.05. The molecule has 1 fully saturated rings. The summed E-state index contributed by atoms with van der Waals surface area (Å²) in [5.41, 5.74) is 4.18. The lowest BCUT2D eigenvalue weighted by Gasteiger charge is -2.17. The minimum atomic E-state index is -0.0289. The first-order valence-corrected chi connectivity index (χ1v) is 8.54. The second kappa shape index (κ2) is 7.18. The SMILES string of the molecule is Cc1nc[nH]c1[C@@H](C)c1ccc(NC(=O)[C@H](C)[C@@H]2CCOC2)cc1. The zero-order chi connectivity index (χ0) is 17.1. The molecule has 3 atom stereocenters. The molecule has 5 heteroatoms. The second-order valence-corrected chi connectivity index (χ2v) is 6.65. The molecule has 0 radical (unpaired) electrons. The Labute approximate surface area is 142 Å². The second-order valence-electron chi connectivity index (χ2n) is 6.65. The quantitative estimate of drug-likeness (QED) is 0.883. The van der Waals surface area contributed by atoms with Crippen molar-refractivity contribution in [3.05, 3.63) is 47.5 Å². The fraction of sp³-hybridized carbons (Fsp3) is 0.474. The molecule has 1 aromatic carbocycles. The molecule has 5 nitrogen and oxygen atoms in total. The van der Waals surface area contributed by atoms with Gasteiger partial charge in [0.1, 0.15) is 0 Å². The highest BCUT2D eigenvalue weighted by atomic mass is 16.5. The average Bonchev–Trinajstić information content (AvgIpc) is 3.25. The van der Waals surface area contributed by atoms with Crippen molar-refractivity contribution in [1.29, 1.82) is 0 Å². The lowest BCUT2D eigenvalue weighted by atomic mass is 9.92. The van der Waals surface area contributed by atoms with Crippen LogP contribution in [0.4, 0.5) is 5.69 Å². The van der Waals surface area contributed by atoms with Crippen LogP contribution in [-0.4, -0.2) is 29.1 Å². The van der Waals surface area contributed by atoms with Crippen molar-refractivity contribution < 1.29 is 9.53 Å². The summed E-state index contributed by atoms with van der Waals surface area (Å²) in [5.74, 6) is 0.605. The molecule has 0 spiro atoms. The Kier molecular flexibility index (Phi) is 5.00. The van der Waals surface area contributed by atoms with Crippen LogP contribution < -0.4 is 5.32 Å². The topological polar surface area (TPSA) is 67.0 Å². The van der Waals surface area contributed by atoms with Crippen LogP contribution in [0.1, 0.15) is 43.1 Å². The molecule has 3 rings (SSSR count). The number of nitrogens with zero attached hydrogens (tertiary/aromatic N) is 1. The van der Waals surface area contributed by atoms with Crippen molar-refractivity contribution in [2.75, 3.05) is 18.5 Å². The molecule has 1 aliphatic heterocycles. The highest BCUT2D eigenvalue weighted by Crippen LogP contribution is 2.26. The van der Waals surface area contributed by atoms with Crippen molar-refractivity contribution in [2.45, 2.75) is 33.1 Å². The van der Waals surface area contributed by atoms with Crippen LogP contribution in [0.3, 0.4) is 0 Å². The molecule has 0 aliphatic carbocycles. The summed E-state index contributed by atoms with van der Waals surface area (Å²) in [6.45, 7) is 7.59. The van der Waals surface area contributed by atoms with Gasteiger partial charge < -0.3 is 15.0 Å². The van der Waals surface area contributed by atoms with E-state index < -0.39 is 0 Å². The number of carbonyl (C=O) groups excluding carboxylic acids is 1. The van der Waals surface area contributed by atoms with Crippen LogP contribution >= 0.6 is 0 Å². The van der Waals surface area contributed by atoms with E-state index >= 15 is 0 Å². The summed E-state index contributed by atoms with van der Waals surface area (Å²) in [6.07, 6.45) is 2.69.